The Morgan fingerprint density at radius 3 is 2.44 bits per heavy atom. The first-order chi connectivity index (χ1) is 13.0. The van der Waals surface area contributed by atoms with Gasteiger partial charge in [-0.2, -0.15) is 4.31 Å². The normalized spacial score (nSPS) is 16.5. The predicted molar refractivity (Wildman–Crippen MR) is 108 cm³/mol. The zero-order chi connectivity index (χ0) is 18.9. The summed E-state index contributed by atoms with van der Waals surface area (Å²) in [5.74, 6) is 0.752. The summed E-state index contributed by atoms with van der Waals surface area (Å²) in [6.07, 6.45) is 3.04. The van der Waals surface area contributed by atoms with E-state index in [2.05, 4.69) is 20.9 Å². The molecule has 140 valence electrons. The van der Waals surface area contributed by atoms with Crippen LogP contribution in [0.15, 0.2) is 70.2 Å². The highest BCUT2D eigenvalue weighted by molar-refractivity contribution is 9.10. The van der Waals surface area contributed by atoms with Crippen LogP contribution in [0, 0.1) is 0 Å². The van der Waals surface area contributed by atoms with Gasteiger partial charge in [0.05, 0.1) is 4.90 Å². The van der Waals surface area contributed by atoms with Crippen LogP contribution >= 0.6 is 15.9 Å². The highest BCUT2D eigenvalue weighted by Crippen LogP contribution is 2.28. The zero-order valence-electron chi connectivity index (χ0n) is 14.6. The summed E-state index contributed by atoms with van der Waals surface area (Å²) >= 11 is 3.33. The molecule has 0 bridgehead atoms. The van der Waals surface area contributed by atoms with Crippen LogP contribution in [-0.2, 0) is 10.0 Å². The first-order valence-electron chi connectivity index (χ1n) is 8.80. The second kappa shape index (κ2) is 7.58. The second-order valence-corrected chi connectivity index (χ2v) is 9.36. The van der Waals surface area contributed by atoms with Crippen LogP contribution in [0.2, 0.25) is 0 Å². The smallest absolute Gasteiger partial charge is 0.243 e. The molecule has 1 saturated heterocycles. The van der Waals surface area contributed by atoms with Crippen LogP contribution in [-0.4, -0.2) is 36.9 Å². The lowest BCUT2D eigenvalue weighted by molar-refractivity contribution is 0.136. The SMILES string of the molecule is O=S(=O)(c1ccc(Br)cc1)N1CCC(Oc2cccc3cccnc23)CC1. The van der Waals surface area contributed by atoms with Gasteiger partial charge < -0.3 is 4.74 Å². The lowest BCUT2D eigenvalue weighted by Gasteiger charge is -2.31. The number of halogens is 1. The van der Waals surface area contributed by atoms with E-state index in [0.29, 0.717) is 30.8 Å². The third-order valence-corrected chi connectivity index (χ3v) is 7.18. The Kier molecular flexibility index (Phi) is 5.16. The number of pyridine rings is 1. The summed E-state index contributed by atoms with van der Waals surface area (Å²) in [5.41, 5.74) is 0.838. The monoisotopic (exact) mass is 446 g/mol. The first-order valence-corrected chi connectivity index (χ1v) is 11.0. The quantitative estimate of drug-likeness (QED) is 0.601. The Hall–Kier alpha value is -1.96. The molecule has 2 aromatic carbocycles. The minimum Gasteiger partial charge on any atom is -0.488 e. The van der Waals surface area contributed by atoms with Crippen molar-refractivity contribution in [1.29, 1.82) is 0 Å². The number of nitrogens with zero attached hydrogens (tertiary/aromatic N) is 2. The number of fused-ring (bicyclic) bond motifs is 1. The maximum Gasteiger partial charge on any atom is 0.243 e. The number of para-hydroxylation sites is 1. The molecule has 4 rings (SSSR count). The number of sulfonamides is 1. The minimum absolute atomic E-state index is 0.0195. The van der Waals surface area contributed by atoms with E-state index >= 15 is 0 Å². The third-order valence-electron chi connectivity index (χ3n) is 4.74. The molecule has 1 aliphatic rings. The van der Waals surface area contributed by atoms with E-state index in [9.17, 15) is 8.42 Å². The molecule has 0 spiro atoms. The molecule has 1 aliphatic heterocycles. The number of rotatable bonds is 4. The van der Waals surface area contributed by atoms with E-state index in [-0.39, 0.29) is 6.10 Å². The molecule has 2 heterocycles. The van der Waals surface area contributed by atoms with Crippen LogP contribution in [0.4, 0.5) is 0 Å². The van der Waals surface area contributed by atoms with Gasteiger partial charge in [0.2, 0.25) is 10.0 Å². The zero-order valence-corrected chi connectivity index (χ0v) is 17.0. The van der Waals surface area contributed by atoms with Crippen molar-refractivity contribution in [3.8, 4) is 5.75 Å². The molecule has 27 heavy (non-hydrogen) atoms. The summed E-state index contributed by atoms with van der Waals surface area (Å²) in [6.45, 7) is 0.891. The first kappa shape index (κ1) is 18.4. The highest BCUT2D eigenvalue weighted by Gasteiger charge is 2.30. The number of hydrogen-bond donors (Lipinski definition) is 0. The Bertz CT molecular complexity index is 1040. The van der Waals surface area contributed by atoms with E-state index in [4.69, 9.17) is 4.74 Å². The van der Waals surface area contributed by atoms with Gasteiger partial charge in [0.1, 0.15) is 17.4 Å². The van der Waals surface area contributed by atoms with Gasteiger partial charge >= 0.3 is 0 Å². The van der Waals surface area contributed by atoms with Crippen molar-refractivity contribution in [1.82, 2.24) is 9.29 Å². The fourth-order valence-electron chi connectivity index (χ4n) is 3.30. The average Bonchev–Trinajstić information content (AvgIpc) is 2.69. The van der Waals surface area contributed by atoms with Gasteiger partial charge in [0, 0.05) is 29.1 Å². The van der Waals surface area contributed by atoms with Crippen molar-refractivity contribution < 1.29 is 13.2 Å². The largest absolute Gasteiger partial charge is 0.488 e. The average molecular weight is 447 g/mol. The summed E-state index contributed by atoms with van der Waals surface area (Å²) in [5, 5.41) is 1.03. The Morgan fingerprint density at radius 2 is 1.70 bits per heavy atom. The molecular formula is C20H19BrN2O3S. The molecule has 1 aromatic heterocycles. The standard InChI is InChI=1S/C20H19BrN2O3S/c21-16-6-8-18(9-7-16)27(24,25)23-13-10-17(11-14-23)26-19-5-1-3-15-4-2-12-22-20(15)19/h1-9,12,17H,10-11,13-14H2. The van der Waals surface area contributed by atoms with E-state index in [0.717, 1.165) is 21.1 Å². The van der Waals surface area contributed by atoms with Crippen molar-refractivity contribution in [3.63, 3.8) is 0 Å². The van der Waals surface area contributed by atoms with Crippen LogP contribution in [0.25, 0.3) is 10.9 Å². The number of hydrogen-bond acceptors (Lipinski definition) is 4. The van der Waals surface area contributed by atoms with Crippen molar-refractivity contribution in [3.05, 3.63) is 65.3 Å². The lowest BCUT2D eigenvalue weighted by Crippen LogP contribution is -2.41. The number of aromatic nitrogens is 1. The molecule has 7 heteroatoms. The van der Waals surface area contributed by atoms with Crippen LogP contribution in [0.3, 0.4) is 0 Å². The van der Waals surface area contributed by atoms with Gasteiger partial charge in [-0.25, -0.2) is 8.42 Å². The molecule has 5 nitrogen and oxygen atoms in total. The Labute approximate surface area is 167 Å². The molecule has 0 aliphatic carbocycles. The van der Waals surface area contributed by atoms with Crippen molar-refractivity contribution in [2.24, 2.45) is 0 Å². The van der Waals surface area contributed by atoms with Gasteiger partial charge in [-0.15, -0.1) is 0 Å². The molecule has 0 unspecified atom stereocenters. The van der Waals surface area contributed by atoms with Gasteiger partial charge in [-0.05, 0) is 49.2 Å². The van der Waals surface area contributed by atoms with Gasteiger partial charge in [0.25, 0.3) is 0 Å². The summed E-state index contributed by atoms with van der Waals surface area (Å²) in [7, 11) is -3.47. The fraction of sp³-hybridized carbons (Fsp3) is 0.250. The summed E-state index contributed by atoms with van der Waals surface area (Å²) in [6, 6.07) is 16.5. The molecule has 1 fully saturated rings. The van der Waals surface area contributed by atoms with Gasteiger partial charge in [0.15, 0.2) is 0 Å². The van der Waals surface area contributed by atoms with E-state index < -0.39 is 10.0 Å². The minimum atomic E-state index is -3.47. The number of benzene rings is 2. The predicted octanol–water partition coefficient (Wildman–Crippen LogP) is 4.23. The molecule has 3 aromatic rings. The fourth-order valence-corrected chi connectivity index (χ4v) is 5.03. The summed E-state index contributed by atoms with van der Waals surface area (Å²) < 4.78 is 34.2. The number of ether oxygens (including phenoxy) is 1. The topological polar surface area (TPSA) is 59.5 Å². The van der Waals surface area contributed by atoms with Gasteiger partial charge in [-0.1, -0.05) is 34.1 Å². The van der Waals surface area contributed by atoms with Gasteiger partial charge in [-0.3, -0.25) is 4.98 Å². The second-order valence-electron chi connectivity index (χ2n) is 6.51. The third kappa shape index (κ3) is 3.85. The van der Waals surface area contributed by atoms with E-state index in [1.165, 1.54) is 4.31 Å². The maximum absolute atomic E-state index is 12.8. The Morgan fingerprint density at radius 1 is 1.00 bits per heavy atom. The lowest BCUT2D eigenvalue weighted by atomic mass is 10.1. The molecule has 0 saturated carbocycles. The van der Waals surface area contributed by atoms with E-state index in [1.807, 2.05) is 30.3 Å². The molecule has 0 N–H and O–H groups in total. The number of piperidine rings is 1. The highest BCUT2D eigenvalue weighted by atomic mass is 79.9. The molecule has 0 amide bonds. The van der Waals surface area contributed by atoms with Crippen LogP contribution in [0.5, 0.6) is 5.75 Å². The van der Waals surface area contributed by atoms with Crippen molar-refractivity contribution in [2.75, 3.05) is 13.1 Å². The maximum atomic E-state index is 12.8. The van der Waals surface area contributed by atoms with Crippen molar-refractivity contribution >= 4 is 36.9 Å². The Balaban J connectivity index is 1.45. The summed E-state index contributed by atoms with van der Waals surface area (Å²) in [4.78, 5) is 4.73. The van der Waals surface area contributed by atoms with Crippen LogP contribution < -0.4 is 4.74 Å². The molecular weight excluding hydrogens is 428 g/mol. The van der Waals surface area contributed by atoms with Crippen LogP contribution in [0.1, 0.15) is 12.8 Å². The van der Waals surface area contributed by atoms with Crippen molar-refractivity contribution in [2.45, 2.75) is 23.8 Å². The molecule has 0 radical (unpaired) electrons. The van der Waals surface area contributed by atoms with E-state index in [1.54, 1.807) is 30.5 Å². The molecule has 0 atom stereocenters.